The number of H-pyrrole nitrogens is 1. The van der Waals surface area contributed by atoms with Crippen molar-refractivity contribution in [2.75, 3.05) is 7.11 Å². The Bertz CT molecular complexity index is 848. The molecule has 2 heterocycles. The fourth-order valence-electron chi connectivity index (χ4n) is 2.43. The second-order valence-corrected chi connectivity index (χ2v) is 5.01. The number of hydrogen-bond donors (Lipinski definition) is 1. The van der Waals surface area contributed by atoms with E-state index in [-0.39, 0.29) is 5.78 Å². The largest absolute Gasteiger partial charge is 0.497 e. The van der Waals surface area contributed by atoms with E-state index < -0.39 is 0 Å². The molecule has 22 heavy (non-hydrogen) atoms. The molecule has 4 nitrogen and oxygen atoms in total. The summed E-state index contributed by atoms with van der Waals surface area (Å²) in [5.74, 6) is 0.726. The van der Waals surface area contributed by atoms with Gasteiger partial charge < -0.3 is 9.72 Å². The van der Waals surface area contributed by atoms with Crippen LogP contribution in [0, 0.1) is 6.92 Å². The lowest BCUT2D eigenvalue weighted by Gasteiger charge is -2.00. The second kappa shape index (κ2) is 5.85. The molecule has 0 amide bonds. The van der Waals surface area contributed by atoms with Gasteiger partial charge in [-0.05, 0) is 49.4 Å². The molecule has 110 valence electrons. The number of benzene rings is 1. The van der Waals surface area contributed by atoms with E-state index in [0.29, 0.717) is 5.56 Å². The predicted molar refractivity (Wildman–Crippen MR) is 87.2 cm³/mol. The third-order valence-electron chi connectivity index (χ3n) is 3.59. The third-order valence-corrected chi connectivity index (χ3v) is 3.59. The normalized spacial score (nSPS) is 11.2. The Kier molecular flexibility index (Phi) is 3.74. The molecule has 3 aromatic rings. The number of methoxy groups -OCH3 is 1. The van der Waals surface area contributed by atoms with Crippen molar-refractivity contribution in [2.45, 2.75) is 6.92 Å². The summed E-state index contributed by atoms with van der Waals surface area (Å²) in [6.45, 7) is 1.99. The van der Waals surface area contributed by atoms with E-state index in [1.165, 1.54) is 0 Å². The molecular weight excluding hydrogens is 276 g/mol. The Hall–Kier alpha value is -2.88. The van der Waals surface area contributed by atoms with E-state index in [9.17, 15) is 4.79 Å². The third kappa shape index (κ3) is 2.63. The molecule has 0 radical (unpaired) electrons. The van der Waals surface area contributed by atoms with Gasteiger partial charge in [-0.15, -0.1) is 0 Å². The lowest BCUT2D eigenvalue weighted by Crippen LogP contribution is -1.94. The first kappa shape index (κ1) is 14.1. The molecule has 0 spiro atoms. The van der Waals surface area contributed by atoms with Crippen LogP contribution >= 0.6 is 0 Å². The topological polar surface area (TPSA) is 55.0 Å². The first-order valence-electron chi connectivity index (χ1n) is 6.98. The average Bonchev–Trinajstić information content (AvgIpc) is 2.87. The molecule has 1 N–H and O–H groups in total. The van der Waals surface area contributed by atoms with E-state index >= 15 is 0 Å². The van der Waals surface area contributed by atoms with E-state index in [4.69, 9.17) is 4.74 Å². The molecule has 0 aliphatic carbocycles. The molecule has 0 atom stereocenters. The van der Waals surface area contributed by atoms with Crippen molar-refractivity contribution in [3.05, 3.63) is 65.6 Å². The lowest BCUT2D eigenvalue weighted by molar-refractivity contribution is 0.104. The van der Waals surface area contributed by atoms with Crippen LogP contribution in [-0.2, 0) is 0 Å². The number of allylic oxidation sites excluding steroid dienone is 1. The SMILES string of the molecule is COc1ccc2[nH]c(C)c(/C=C/C(=O)c3cccnc3)c2c1. The molecular formula is C18H16N2O2. The summed E-state index contributed by atoms with van der Waals surface area (Å²) < 4.78 is 5.27. The van der Waals surface area contributed by atoms with Crippen molar-refractivity contribution in [3.63, 3.8) is 0 Å². The van der Waals surface area contributed by atoms with E-state index in [0.717, 1.165) is 27.9 Å². The van der Waals surface area contributed by atoms with Gasteiger partial charge in [-0.2, -0.15) is 0 Å². The van der Waals surface area contributed by atoms with Crippen molar-refractivity contribution < 1.29 is 9.53 Å². The number of aromatic amines is 1. The molecule has 0 aliphatic rings. The van der Waals surface area contributed by atoms with Crippen LogP contribution in [0.3, 0.4) is 0 Å². The highest BCUT2D eigenvalue weighted by Crippen LogP contribution is 2.27. The highest BCUT2D eigenvalue weighted by atomic mass is 16.5. The summed E-state index contributed by atoms with van der Waals surface area (Å²) in [5, 5.41) is 1.03. The van der Waals surface area contributed by atoms with E-state index in [1.807, 2.05) is 31.2 Å². The van der Waals surface area contributed by atoms with Crippen LogP contribution in [0.15, 0.2) is 48.8 Å². The zero-order valence-electron chi connectivity index (χ0n) is 12.5. The number of aromatic nitrogens is 2. The number of nitrogens with one attached hydrogen (secondary N) is 1. The Balaban J connectivity index is 1.98. The number of carbonyl (C=O) groups is 1. The molecule has 0 bridgehead atoms. The first-order chi connectivity index (χ1) is 10.7. The number of ketones is 1. The van der Waals surface area contributed by atoms with E-state index in [1.54, 1.807) is 37.7 Å². The Morgan fingerprint density at radius 1 is 1.32 bits per heavy atom. The predicted octanol–water partition coefficient (Wildman–Crippen LogP) is 3.78. The smallest absolute Gasteiger partial charge is 0.187 e. The van der Waals surface area contributed by atoms with Gasteiger partial charge in [-0.25, -0.2) is 0 Å². The van der Waals surface area contributed by atoms with Gasteiger partial charge in [-0.1, -0.05) is 0 Å². The van der Waals surface area contributed by atoms with Gasteiger partial charge >= 0.3 is 0 Å². The molecule has 0 unspecified atom stereocenters. The van der Waals surface area contributed by atoms with Crippen molar-refractivity contribution in [1.29, 1.82) is 0 Å². The van der Waals surface area contributed by atoms with Crippen molar-refractivity contribution in [2.24, 2.45) is 0 Å². The van der Waals surface area contributed by atoms with Crippen LogP contribution in [0.2, 0.25) is 0 Å². The van der Waals surface area contributed by atoms with Gasteiger partial charge in [0.1, 0.15) is 5.75 Å². The van der Waals surface area contributed by atoms with Crippen LogP contribution in [-0.4, -0.2) is 22.9 Å². The fourth-order valence-corrected chi connectivity index (χ4v) is 2.43. The lowest BCUT2D eigenvalue weighted by atomic mass is 10.1. The Morgan fingerprint density at radius 3 is 2.91 bits per heavy atom. The van der Waals surface area contributed by atoms with Gasteiger partial charge in [0, 0.05) is 40.1 Å². The summed E-state index contributed by atoms with van der Waals surface area (Å²) >= 11 is 0. The molecule has 0 saturated carbocycles. The zero-order chi connectivity index (χ0) is 15.5. The minimum absolute atomic E-state index is 0.0650. The van der Waals surface area contributed by atoms with Gasteiger partial charge in [0.2, 0.25) is 0 Å². The number of aryl methyl sites for hydroxylation is 1. The summed E-state index contributed by atoms with van der Waals surface area (Å²) in [6.07, 6.45) is 6.63. The number of rotatable bonds is 4. The Labute approximate surface area is 128 Å². The standard InChI is InChI=1S/C18H16N2O2/c1-12-15(6-8-18(21)13-4-3-9-19-11-13)16-10-14(22-2)5-7-17(16)20-12/h3-11,20H,1-2H3/b8-6+. The van der Waals surface area contributed by atoms with Crippen molar-refractivity contribution >= 4 is 22.8 Å². The van der Waals surface area contributed by atoms with Crippen LogP contribution in [0.4, 0.5) is 0 Å². The van der Waals surface area contributed by atoms with Crippen LogP contribution in [0.25, 0.3) is 17.0 Å². The number of pyridine rings is 1. The maximum absolute atomic E-state index is 12.1. The highest BCUT2D eigenvalue weighted by Gasteiger charge is 2.08. The minimum Gasteiger partial charge on any atom is -0.497 e. The molecule has 2 aromatic heterocycles. The number of nitrogens with zero attached hydrogens (tertiary/aromatic N) is 1. The summed E-state index contributed by atoms with van der Waals surface area (Å²) in [4.78, 5) is 19.4. The van der Waals surface area contributed by atoms with Gasteiger partial charge in [0.05, 0.1) is 7.11 Å². The molecule has 1 aromatic carbocycles. The maximum atomic E-state index is 12.1. The van der Waals surface area contributed by atoms with Crippen LogP contribution < -0.4 is 4.74 Å². The van der Waals surface area contributed by atoms with Gasteiger partial charge in [0.15, 0.2) is 5.78 Å². The number of fused-ring (bicyclic) bond motifs is 1. The molecule has 0 fully saturated rings. The summed E-state index contributed by atoms with van der Waals surface area (Å²) in [6, 6.07) is 9.36. The van der Waals surface area contributed by atoms with Crippen molar-refractivity contribution in [1.82, 2.24) is 9.97 Å². The monoisotopic (exact) mass is 292 g/mol. The minimum atomic E-state index is -0.0650. The number of hydrogen-bond acceptors (Lipinski definition) is 3. The number of carbonyl (C=O) groups excluding carboxylic acids is 1. The van der Waals surface area contributed by atoms with E-state index in [2.05, 4.69) is 9.97 Å². The summed E-state index contributed by atoms with van der Waals surface area (Å²) in [5.41, 5.74) is 3.60. The molecule has 0 aliphatic heterocycles. The summed E-state index contributed by atoms with van der Waals surface area (Å²) in [7, 11) is 1.64. The molecule has 0 saturated heterocycles. The average molecular weight is 292 g/mol. The second-order valence-electron chi connectivity index (χ2n) is 5.01. The fraction of sp³-hybridized carbons (Fsp3) is 0.111. The van der Waals surface area contributed by atoms with Gasteiger partial charge in [-0.3, -0.25) is 9.78 Å². The number of ether oxygens (including phenoxy) is 1. The maximum Gasteiger partial charge on any atom is 0.187 e. The molecule has 3 rings (SSSR count). The van der Waals surface area contributed by atoms with Gasteiger partial charge in [0.25, 0.3) is 0 Å². The molecule has 4 heteroatoms. The van der Waals surface area contributed by atoms with Crippen molar-refractivity contribution in [3.8, 4) is 5.75 Å². The van der Waals surface area contributed by atoms with Crippen LogP contribution in [0.1, 0.15) is 21.6 Å². The zero-order valence-corrected chi connectivity index (χ0v) is 12.5. The quantitative estimate of drug-likeness (QED) is 0.588. The first-order valence-corrected chi connectivity index (χ1v) is 6.98. The highest BCUT2D eigenvalue weighted by molar-refractivity contribution is 6.07. The van der Waals surface area contributed by atoms with Crippen LogP contribution in [0.5, 0.6) is 5.75 Å². The Morgan fingerprint density at radius 2 is 2.18 bits per heavy atom.